The van der Waals surface area contributed by atoms with Gasteiger partial charge in [-0.2, -0.15) is 0 Å². The fourth-order valence-electron chi connectivity index (χ4n) is 4.91. The van der Waals surface area contributed by atoms with Crippen LogP contribution in [0, 0.1) is 5.41 Å². The van der Waals surface area contributed by atoms with Crippen LogP contribution in [0.15, 0.2) is 61.1 Å². The molecular formula is C27H27N5O2. The van der Waals surface area contributed by atoms with Gasteiger partial charge in [0.25, 0.3) is 0 Å². The first-order chi connectivity index (χ1) is 16.5. The molecule has 1 saturated heterocycles. The standard InChI is InChI=1S/C27H27N5O2/c1-27(2)16-19-15-18(3-8-22(19)24(27)33)23-17-32-10-9-28-26(32)25(30-23)29-20-4-6-21(7-5-20)31-11-13-34-14-12-31/h3-10,15,17H,11-14,16H2,1-2H3,(H,29,30). The number of anilines is 3. The molecule has 2 aliphatic rings. The van der Waals surface area contributed by atoms with Crippen molar-refractivity contribution >= 4 is 28.6 Å². The van der Waals surface area contributed by atoms with Crippen LogP contribution in [-0.4, -0.2) is 46.5 Å². The summed E-state index contributed by atoms with van der Waals surface area (Å²) >= 11 is 0. The van der Waals surface area contributed by atoms with Crippen LogP contribution >= 0.6 is 0 Å². The Hall–Kier alpha value is -3.71. The molecular weight excluding hydrogens is 426 g/mol. The van der Waals surface area contributed by atoms with Gasteiger partial charge in [0.05, 0.1) is 18.9 Å². The molecule has 3 heterocycles. The number of nitrogens with zero attached hydrogens (tertiary/aromatic N) is 4. The topological polar surface area (TPSA) is 71.8 Å². The molecule has 0 bridgehead atoms. The number of aromatic nitrogens is 3. The highest BCUT2D eigenvalue weighted by Crippen LogP contribution is 2.38. The van der Waals surface area contributed by atoms with Gasteiger partial charge >= 0.3 is 0 Å². The minimum Gasteiger partial charge on any atom is -0.378 e. The van der Waals surface area contributed by atoms with Crippen molar-refractivity contribution in [1.29, 1.82) is 0 Å². The maximum absolute atomic E-state index is 12.6. The Bertz CT molecular complexity index is 1380. The smallest absolute Gasteiger partial charge is 0.180 e. The fraction of sp³-hybridized carbons (Fsp3) is 0.296. The maximum Gasteiger partial charge on any atom is 0.180 e. The van der Waals surface area contributed by atoms with Gasteiger partial charge in [0.1, 0.15) is 0 Å². The molecule has 7 nitrogen and oxygen atoms in total. The summed E-state index contributed by atoms with van der Waals surface area (Å²) in [5.41, 5.74) is 6.30. The summed E-state index contributed by atoms with van der Waals surface area (Å²) in [4.78, 5) is 24.4. The van der Waals surface area contributed by atoms with E-state index in [2.05, 4.69) is 45.5 Å². The molecule has 2 aromatic carbocycles. The highest BCUT2D eigenvalue weighted by Gasteiger charge is 2.37. The molecule has 0 unspecified atom stereocenters. The normalized spacial score (nSPS) is 17.2. The first-order valence-corrected chi connectivity index (χ1v) is 11.7. The lowest BCUT2D eigenvalue weighted by molar-refractivity contribution is 0.0863. The molecule has 7 heteroatoms. The van der Waals surface area contributed by atoms with Crippen molar-refractivity contribution in [3.05, 3.63) is 72.2 Å². The zero-order valence-electron chi connectivity index (χ0n) is 19.4. The van der Waals surface area contributed by atoms with Crippen LogP contribution in [-0.2, 0) is 11.2 Å². The average molecular weight is 454 g/mol. The molecule has 1 aliphatic heterocycles. The van der Waals surface area contributed by atoms with Crippen LogP contribution in [0.2, 0.25) is 0 Å². The highest BCUT2D eigenvalue weighted by atomic mass is 16.5. The number of rotatable bonds is 4. The molecule has 0 radical (unpaired) electrons. The van der Waals surface area contributed by atoms with Gasteiger partial charge in [-0.05, 0) is 42.3 Å². The summed E-state index contributed by atoms with van der Waals surface area (Å²) in [5, 5.41) is 3.45. The lowest BCUT2D eigenvalue weighted by Gasteiger charge is -2.28. The quantitative estimate of drug-likeness (QED) is 0.481. The van der Waals surface area contributed by atoms with E-state index >= 15 is 0 Å². The summed E-state index contributed by atoms with van der Waals surface area (Å²) < 4.78 is 7.44. The number of carbonyl (C=O) groups is 1. The van der Waals surface area contributed by atoms with E-state index in [9.17, 15) is 4.79 Å². The summed E-state index contributed by atoms with van der Waals surface area (Å²) in [6.07, 6.45) is 6.44. The molecule has 6 rings (SSSR count). The number of imidazole rings is 1. The van der Waals surface area contributed by atoms with E-state index in [0.29, 0.717) is 5.82 Å². The van der Waals surface area contributed by atoms with Gasteiger partial charge in [-0.15, -0.1) is 0 Å². The number of morpholine rings is 1. The summed E-state index contributed by atoms with van der Waals surface area (Å²) in [6.45, 7) is 7.38. The molecule has 1 N–H and O–H groups in total. The number of carbonyl (C=O) groups excluding carboxylic acids is 1. The van der Waals surface area contributed by atoms with Gasteiger partial charge in [0.2, 0.25) is 0 Å². The largest absolute Gasteiger partial charge is 0.378 e. The zero-order valence-corrected chi connectivity index (χ0v) is 19.4. The second-order valence-corrected chi connectivity index (χ2v) is 9.67. The van der Waals surface area contributed by atoms with Crippen LogP contribution in [0.3, 0.4) is 0 Å². The van der Waals surface area contributed by atoms with Gasteiger partial charge in [0, 0.05) is 59.6 Å². The first-order valence-electron chi connectivity index (χ1n) is 11.7. The van der Waals surface area contributed by atoms with Gasteiger partial charge in [0.15, 0.2) is 17.2 Å². The number of Topliss-reactive ketones (excluding diaryl/α,β-unsaturated/α-hetero) is 1. The summed E-state index contributed by atoms with van der Waals surface area (Å²) in [7, 11) is 0. The number of hydrogen-bond acceptors (Lipinski definition) is 6. The Kier molecular flexibility index (Phi) is 4.88. The lowest BCUT2D eigenvalue weighted by atomic mass is 9.89. The van der Waals surface area contributed by atoms with Crippen LogP contribution in [0.1, 0.15) is 29.8 Å². The van der Waals surface area contributed by atoms with Gasteiger partial charge in [-0.1, -0.05) is 26.0 Å². The van der Waals surface area contributed by atoms with Crippen molar-refractivity contribution in [3.8, 4) is 11.3 Å². The third-order valence-corrected chi connectivity index (χ3v) is 6.77. The molecule has 34 heavy (non-hydrogen) atoms. The summed E-state index contributed by atoms with van der Waals surface area (Å²) in [5.74, 6) is 0.911. The van der Waals surface area contributed by atoms with Crippen LogP contribution in [0.5, 0.6) is 0 Å². The Morgan fingerprint density at radius 1 is 1.06 bits per heavy atom. The number of ketones is 1. The number of ether oxygens (including phenoxy) is 1. The van der Waals surface area contributed by atoms with Crippen molar-refractivity contribution in [2.24, 2.45) is 5.41 Å². The van der Waals surface area contributed by atoms with E-state index in [1.165, 1.54) is 5.69 Å². The Balaban J connectivity index is 1.32. The van der Waals surface area contributed by atoms with Crippen LogP contribution < -0.4 is 10.2 Å². The highest BCUT2D eigenvalue weighted by molar-refractivity contribution is 6.04. The van der Waals surface area contributed by atoms with Gasteiger partial charge < -0.3 is 19.4 Å². The first kappa shape index (κ1) is 20.9. The second kappa shape index (κ2) is 7.95. The van der Waals surface area contributed by atoms with E-state index in [-0.39, 0.29) is 11.2 Å². The molecule has 0 atom stereocenters. The van der Waals surface area contributed by atoms with E-state index in [4.69, 9.17) is 9.72 Å². The number of nitrogens with one attached hydrogen (secondary N) is 1. The number of benzene rings is 2. The third kappa shape index (κ3) is 3.62. The van der Waals surface area contributed by atoms with Crippen molar-refractivity contribution in [3.63, 3.8) is 0 Å². The molecule has 2 aromatic heterocycles. The lowest BCUT2D eigenvalue weighted by Crippen LogP contribution is -2.36. The van der Waals surface area contributed by atoms with Gasteiger partial charge in [-0.3, -0.25) is 4.79 Å². The molecule has 0 spiro atoms. The van der Waals surface area contributed by atoms with Crippen molar-refractivity contribution in [2.45, 2.75) is 20.3 Å². The molecule has 4 aromatic rings. The monoisotopic (exact) mass is 453 g/mol. The predicted octanol–water partition coefficient (Wildman–Crippen LogP) is 4.74. The fourth-order valence-corrected chi connectivity index (χ4v) is 4.91. The Labute approximate surface area is 198 Å². The average Bonchev–Trinajstić information content (AvgIpc) is 3.42. The van der Waals surface area contributed by atoms with E-state index in [1.807, 2.05) is 42.8 Å². The van der Waals surface area contributed by atoms with Crippen molar-refractivity contribution in [1.82, 2.24) is 14.4 Å². The zero-order chi connectivity index (χ0) is 23.3. The maximum atomic E-state index is 12.6. The van der Waals surface area contributed by atoms with Crippen LogP contribution in [0.25, 0.3) is 16.9 Å². The van der Waals surface area contributed by atoms with E-state index in [0.717, 1.165) is 66.4 Å². The Morgan fingerprint density at radius 3 is 2.65 bits per heavy atom. The molecule has 1 fully saturated rings. The SMILES string of the molecule is CC1(C)Cc2cc(-c3cn4ccnc4c(Nc4ccc(N5CCOCC5)cc4)n3)ccc2C1=O. The predicted molar refractivity (Wildman–Crippen MR) is 133 cm³/mol. The van der Waals surface area contributed by atoms with E-state index < -0.39 is 0 Å². The molecule has 1 aliphatic carbocycles. The van der Waals surface area contributed by atoms with Gasteiger partial charge in [-0.25, -0.2) is 9.97 Å². The minimum atomic E-state index is -0.344. The van der Waals surface area contributed by atoms with E-state index in [1.54, 1.807) is 6.20 Å². The molecule has 0 saturated carbocycles. The Morgan fingerprint density at radius 2 is 1.85 bits per heavy atom. The molecule has 0 amide bonds. The number of hydrogen-bond donors (Lipinski definition) is 1. The summed E-state index contributed by atoms with van der Waals surface area (Å²) in [6, 6.07) is 14.4. The third-order valence-electron chi connectivity index (χ3n) is 6.77. The van der Waals surface area contributed by atoms with Crippen LogP contribution in [0.4, 0.5) is 17.2 Å². The minimum absolute atomic E-state index is 0.218. The van der Waals surface area contributed by atoms with Crippen molar-refractivity contribution in [2.75, 3.05) is 36.5 Å². The second-order valence-electron chi connectivity index (χ2n) is 9.67. The molecule has 172 valence electrons. The number of fused-ring (bicyclic) bond motifs is 2. The van der Waals surface area contributed by atoms with Crippen molar-refractivity contribution < 1.29 is 9.53 Å².